The van der Waals surface area contributed by atoms with Crippen LogP contribution < -0.4 is 12.6 Å². The van der Waals surface area contributed by atoms with Gasteiger partial charge in [-0.1, -0.05) is 0 Å². The minimum absolute atomic E-state index is 0.00908. The van der Waals surface area contributed by atoms with Gasteiger partial charge in [0.1, 0.15) is 0 Å². The molecular weight excluding hydrogens is 601 g/mol. The van der Waals surface area contributed by atoms with Crippen molar-refractivity contribution in [3.63, 3.8) is 0 Å². The van der Waals surface area contributed by atoms with Gasteiger partial charge in [-0.2, -0.15) is 0 Å². The van der Waals surface area contributed by atoms with E-state index < -0.39 is 0 Å². The van der Waals surface area contributed by atoms with E-state index in [4.69, 9.17) is 4.74 Å². The second-order valence-electron chi connectivity index (χ2n) is 9.64. The van der Waals surface area contributed by atoms with Gasteiger partial charge in [-0.05, 0) is 0 Å². The molecule has 4 heteroatoms. The van der Waals surface area contributed by atoms with Crippen molar-refractivity contribution in [3.05, 3.63) is 83.6 Å². The molecule has 0 spiro atoms. The molecule has 6 rings (SSSR count). The van der Waals surface area contributed by atoms with Gasteiger partial charge in [0.2, 0.25) is 0 Å². The van der Waals surface area contributed by atoms with Crippen LogP contribution in [0, 0.1) is 6.92 Å². The molecule has 1 aliphatic rings. The Kier molecular flexibility index (Phi) is 4.52. The van der Waals surface area contributed by atoms with Crippen LogP contribution in [0.25, 0.3) is 38.8 Å². The topological polar surface area (TPSA) is 18.0 Å². The number of aromatic nitrogens is 2. The molecule has 0 bridgehead atoms. The third-order valence-electron chi connectivity index (χ3n) is 7.42. The molecule has 0 unspecified atom stereocenters. The van der Waals surface area contributed by atoms with E-state index in [-0.39, 0.29) is 5.41 Å². The third kappa shape index (κ3) is 2.80. The number of ether oxygens (including phenoxy) is 1. The van der Waals surface area contributed by atoms with Crippen LogP contribution in [-0.4, -0.2) is 36.4 Å². The Balaban J connectivity index is 1.76. The number of methoxy groups -OCH3 is 1. The summed E-state index contributed by atoms with van der Waals surface area (Å²) in [6, 6.07) is 22.5. The van der Waals surface area contributed by atoms with Crippen LogP contribution >= 0.6 is 0 Å². The second kappa shape index (κ2) is 7.14. The molecule has 2 aromatic heterocycles. The third-order valence-corrected chi connectivity index (χ3v) is 8.81. The van der Waals surface area contributed by atoms with E-state index in [0.29, 0.717) is 0 Å². The van der Waals surface area contributed by atoms with Crippen molar-refractivity contribution in [3.8, 4) is 22.7 Å². The molecule has 5 aromatic rings. The summed E-state index contributed by atoms with van der Waals surface area (Å²) in [6.07, 6.45) is 2.33. The monoisotopic (exact) mass is 629 g/mol. The summed E-state index contributed by atoms with van der Waals surface area (Å²) >= 11 is 0.812. The first-order chi connectivity index (χ1) is 15.8. The van der Waals surface area contributed by atoms with E-state index in [2.05, 4.69) is 104 Å². The van der Waals surface area contributed by atoms with E-state index >= 15 is 0 Å². The van der Waals surface area contributed by atoms with Gasteiger partial charge in [0.25, 0.3) is 0 Å². The number of hydrogen-bond donors (Lipinski definition) is 0. The fourth-order valence-electron chi connectivity index (χ4n) is 5.72. The van der Waals surface area contributed by atoms with Gasteiger partial charge in [0.15, 0.2) is 0 Å². The Labute approximate surface area is 209 Å². The molecule has 0 fully saturated rings. The summed E-state index contributed by atoms with van der Waals surface area (Å²) in [7, 11) is 3.93. The van der Waals surface area contributed by atoms with Gasteiger partial charge in [0.05, 0.1) is 0 Å². The van der Waals surface area contributed by atoms with E-state index in [1.54, 1.807) is 7.11 Å². The van der Waals surface area contributed by atoms with Gasteiger partial charge in [-0.25, -0.2) is 0 Å². The molecule has 3 aromatic carbocycles. The number of hydrogen-bond acceptors (Lipinski definition) is 1. The molecule has 0 saturated heterocycles. The van der Waals surface area contributed by atoms with Crippen molar-refractivity contribution in [2.45, 2.75) is 26.2 Å². The molecule has 0 amide bonds. The Hall–Kier alpha value is -2.71. The average molecular weight is 630 g/mol. The molecule has 0 radical (unpaired) electrons. The number of benzene rings is 3. The summed E-state index contributed by atoms with van der Waals surface area (Å²) in [6.45, 7) is 6.84. The normalized spacial score (nSPS) is 14.0. The van der Waals surface area contributed by atoms with E-state index in [0.717, 1.165) is 30.5 Å². The number of aryl methyl sites for hydroxylation is 2. The van der Waals surface area contributed by atoms with Crippen molar-refractivity contribution in [1.82, 2.24) is 4.57 Å². The second-order valence-corrected chi connectivity index (χ2v) is 12.2. The van der Waals surface area contributed by atoms with E-state index in [9.17, 15) is 0 Å². The molecule has 0 N–H and O–H groups in total. The van der Waals surface area contributed by atoms with Gasteiger partial charge in [-0.3, -0.25) is 0 Å². The molecule has 1 aliphatic carbocycles. The Morgan fingerprint density at radius 2 is 1.70 bits per heavy atom. The summed E-state index contributed by atoms with van der Waals surface area (Å²) in [4.78, 5) is 0. The zero-order chi connectivity index (χ0) is 23.1. The zero-order valence-electron chi connectivity index (χ0n) is 19.7. The minimum atomic E-state index is -0.00908. The van der Waals surface area contributed by atoms with Crippen molar-refractivity contribution in [1.29, 1.82) is 0 Å². The van der Waals surface area contributed by atoms with Gasteiger partial charge in [0, 0.05) is 0 Å². The zero-order valence-corrected chi connectivity index (χ0v) is 24.2. The van der Waals surface area contributed by atoms with Crippen LogP contribution in [0.5, 0.6) is 5.75 Å². The first kappa shape index (κ1) is 20.9. The molecule has 33 heavy (non-hydrogen) atoms. The fourth-order valence-corrected chi connectivity index (χ4v) is 6.74. The van der Waals surface area contributed by atoms with E-state index in [1.807, 2.05) is 0 Å². The first-order valence-corrected chi connectivity index (χ1v) is 13.6. The predicted molar refractivity (Wildman–Crippen MR) is 139 cm³/mol. The van der Waals surface area contributed by atoms with Crippen molar-refractivity contribution >= 4 is 49.8 Å². The molecule has 0 aliphatic heterocycles. The van der Waals surface area contributed by atoms with E-state index in [1.165, 1.54) is 58.7 Å². The number of pyridine rings is 1. The van der Waals surface area contributed by atoms with Gasteiger partial charge < -0.3 is 0 Å². The Morgan fingerprint density at radius 1 is 0.909 bits per heavy atom. The Morgan fingerprint density at radius 3 is 2.48 bits per heavy atom. The first-order valence-electron chi connectivity index (χ1n) is 11.3. The number of fused-ring (bicyclic) bond motifs is 6. The summed E-state index contributed by atoms with van der Waals surface area (Å²) in [5, 5.41) is 2.60. The summed E-state index contributed by atoms with van der Waals surface area (Å²) < 4.78 is 11.9. The van der Waals surface area contributed by atoms with Gasteiger partial charge in [-0.15, -0.1) is 0 Å². The predicted octanol–water partition coefficient (Wildman–Crippen LogP) is 4.49. The van der Waals surface area contributed by atoms with Crippen LogP contribution in [0.4, 0.5) is 0 Å². The number of nitrogens with zero attached hydrogens (tertiary/aromatic N) is 2. The maximum absolute atomic E-state index is 5.73. The number of rotatable bonds is 2. The molecule has 3 nitrogen and oxygen atoms in total. The van der Waals surface area contributed by atoms with Crippen LogP contribution in [0.1, 0.15) is 30.5 Å². The Bertz CT molecular complexity index is 1610. The van der Waals surface area contributed by atoms with Crippen molar-refractivity contribution < 1.29 is 9.30 Å². The van der Waals surface area contributed by atoms with Crippen molar-refractivity contribution in [2.75, 3.05) is 7.11 Å². The standard InChI is InChI=1S/C29H26N2O.Bi.2H/c1-18-26(32-5)15-14-21-20-11-7-9-13-25(20)31(28(18)21)27-16-22-19-10-6-8-12-23(19)29(2,3)24(22)17-30(27)4;;;/h6,8-17H,1-5H3;;;/q+1;;;. The molecule has 0 saturated carbocycles. The molecule has 164 valence electrons. The fraction of sp³-hybridized carbons (Fsp3) is 0.207. The van der Waals surface area contributed by atoms with Gasteiger partial charge >= 0.3 is 210 Å². The molecular formula is C29H28BiN2O+. The summed E-state index contributed by atoms with van der Waals surface area (Å²) in [5.74, 6) is 2.09. The molecule has 0 atom stereocenters. The SMILES string of the molecule is COc1ccc2c3c[c]([BiH2])ccc3n(-c3cc4c(c[n+]3C)C(C)(C)c3ccccc3-4)c2c1C. The van der Waals surface area contributed by atoms with Crippen LogP contribution in [0.3, 0.4) is 0 Å². The van der Waals surface area contributed by atoms with Crippen LogP contribution in [0.2, 0.25) is 0 Å². The van der Waals surface area contributed by atoms with Crippen molar-refractivity contribution in [2.24, 2.45) is 7.05 Å². The quantitative estimate of drug-likeness (QED) is 0.208. The van der Waals surface area contributed by atoms with Crippen LogP contribution in [-0.2, 0) is 12.5 Å². The summed E-state index contributed by atoms with van der Waals surface area (Å²) in [5.41, 5.74) is 9.09. The molecule has 2 heterocycles. The maximum atomic E-state index is 5.73. The average Bonchev–Trinajstić information content (AvgIpc) is 3.23. The van der Waals surface area contributed by atoms with Crippen LogP contribution in [0.15, 0.2) is 66.9 Å².